The molecule has 1 radical (unpaired) electrons. The van der Waals surface area contributed by atoms with Crippen molar-refractivity contribution in [3.8, 4) is 0 Å². The summed E-state index contributed by atoms with van der Waals surface area (Å²) in [5.74, 6) is 5.94. The van der Waals surface area contributed by atoms with E-state index in [9.17, 15) is 0 Å². The van der Waals surface area contributed by atoms with Crippen molar-refractivity contribution < 1.29 is 36.3 Å². The van der Waals surface area contributed by atoms with Crippen molar-refractivity contribution in [1.29, 1.82) is 0 Å². The summed E-state index contributed by atoms with van der Waals surface area (Å²) in [6.45, 7) is 0. The van der Waals surface area contributed by atoms with Gasteiger partial charge in [0.1, 0.15) is 0 Å². The standard InChI is InChI=1S/CH5N2O.CH4NO.U/c1-3(2)4;1-2-3;/h2-3H,1H3;2H,1H3;/q2*-1;+3. The number of hydrogen-bond donors (Lipinski definition) is 2. The number of hydrogen-bond acceptors (Lipinski definition) is 3. The summed E-state index contributed by atoms with van der Waals surface area (Å²) in [4.78, 5) is 0. The molecule has 0 saturated heterocycles. The van der Waals surface area contributed by atoms with Crippen LogP contribution in [0.3, 0.4) is 0 Å². The Bertz CT molecular complexity index is 26.5. The first kappa shape index (κ1) is 15.9. The van der Waals surface area contributed by atoms with Gasteiger partial charge >= 0.3 is 31.1 Å². The van der Waals surface area contributed by atoms with Gasteiger partial charge in [0, 0.05) is 0 Å². The zero-order valence-corrected chi connectivity index (χ0v) is 8.98. The molecule has 0 aliphatic carbocycles. The van der Waals surface area contributed by atoms with Crippen LogP contribution in [0.5, 0.6) is 0 Å². The maximum absolute atomic E-state index is 9.11. The largest absolute Gasteiger partial charge is 3.00 e. The summed E-state index contributed by atoms with van der Waals surface area (Å²) in [5, 5.41) is 17.2. The molecule has 0 aromatic rings. The maximum Gasteiger partial charge on any atom is 3.00 e. The van der Waals surface area contributed by atoms with Crippen molar-refractivity contribution in [2.75, 3.05) is 14.1 Å². The molecule has 1 unspecified atom stereocenters. The second-order valence-corrected chi connectivity index (χ2v) is 0.760. The SMILES string of the molecule is CN[O-].C[NH+]([NH-])[O-].[U+3]. The van der Waals surface area contributed by atoms with Gasteiger partial charge in [0.15, 0.2) is 0 Å². The predicted octanol–water partition coefficient (Wildman–Crippen LogP) is -1.33. The van der Waals surface area contributed by atoms with Gasteiger partial charge in [-0.05, 0) is 7.05 Å². The first-order valence-electron chi connectivity index (χ1n) is 1.66. The second-order valence-electron chi connectivity index (χ2n) is 0.760. The quantitative estimate of drug-likeness (QED) is 0.534. The van der Waals surface area contributed by atoms with E-state index < -0.39 is 5.17 Å². The van der Waals surface area contributed by atoms with Crippen LogP contribution in [0.25, 0.3) is 5.84 Å². The summed E-state index contributed by atoms with van der Waals surface area (Å²) < 4.78 is 0. The van der Waals surface area contributed by atoms with Crippen LogP contribution in [0.4, 0.5) is 0 Å². The Morgan fingerprint density at radius 3 is 1.62 bits per heavy atom. The minimum absolute atomic E-state index is 0. The van der Waals surface area contributed by atoms with Crippen molar-refractivity contribution in [2.45, 2.75) is 0 Å². The van der Waals surface area contributed by atoms with Crippen LogP contribution in [0.1, 0.15) is 0 Å². The fourth-order valence-electron chi connectivity index (χ4n) is 0. The molecule has 47 valence electrons. The molecule has 0 saturated carbocycles. The molecule has 0 bridgehead atoms. The normalized spacial score (nSPS) is 10.1. The van der Waals surface area contributed by atoms with Crippen LogP contribution in [0.2, 0.25) is 0 Å². The predicted molar refractivity (Wildman–Crippen MR) is 27.0 cm³/mol. The zero-order chi connectivity index (χ0) is 6.28. The first-order chi connectivity index (χ1) is 3.15. The molecule has 0 amide bonds. The molecule has 0 aliphatic heterocycles. The van der Waals surface area contributed by atoms with Gasteiger partial charge in [-0.15, -0.1) is 0 Å². The number of quaternary nitrogens is 1. The van der Waals surface area contributed by atoms with Gasteiger partial charge in [0.25, 0.3) is 0 Å². The fourth-order valence-corrected chi connectivity index (χ4v) is 0. The van der Waals surface area contributed by atoms with Crippen LogP contribution in [-0.2, 0) is 0 Å². The molecule has 1 atom stereocenters. The van der Waals surface area contributed by atoms with E-state index in [0.717, 1.165) is 0 Å². The van der Waals surface area contributed by atoms with E-state index in [2.05, 4.69) is 0 Å². The van der Waals surface area contributed by atoms with E-state index in [4.69, 9.17) is 16.3 Å². The topological polar surface area (TPSA) is 86.4 Å². The maximum atomic E-state index is 9.11. The fraction of sp³-hybridized carbons (Fsp3) is 1.00. The number of hydroxylamine groups is 2. The molecule has 0 aromatic carbocycles. The van der Waals surface area contributed by atoms with E-state index in [1.807, 2.05) is 0 Å². The average molecular weight is 345 g/mol. The van der Waals surface area contributed by atoms with Gasteiger partial charge in [-0.3, -0.25) is 0 Å². The molecule has 0 fully saturated rings. The summed E-state index contributed by atoms with van der Waals surface area (Å²) in [6.07, 6.45) is 0. The summed E-state index contributed by atoms with van der Waals surface area (Å²) >= 11 is 0. The molecule has 8 heavy (non-hydrogen) atoms. The van der Waals surface area contributed by atoms with E-state index in [1.165, 1.54) is 19.6 Å². The first-order valence-corrected chi connectivity index (χ1v) is 1.66. The molecule has 5 nitrogen and oxygen atoms in total. The van der Waals surface area contributed by atoms with Crippen molar-refractivity contribution in [3.05, 3.63) is 16.3 Å². The van der Waals surface area contributed by atoms with Gasteiger partial charge < -0.3 is 26.9 Å². The number of nitrogens with one attached hydrogen (secondary N) is 3. The van der Waals surface area contributed by atoms with Crippen LogP contribution in [-0.4, -0.2) is 14.1 Å². The number of rotatable bonds is 0. The Kier molecular flexibility index (Phi) is 31.2. The Labute approximate surface area is 72.1 Å². The molecule has 6 heteroatoms. The van der Waals surface area contributed by atoms with Gasteiger partial charge in [0.05, 0.1) is 7.05 Å². The third-order valence-electron chi connectivity index (χ3n) is 0. The summed E-state index contributed by atoms with van der Waals surface area (Å²) in [6, 6.07) is 0. The minimum atomic E-state index is -0.583. The van der Waals surface area contributed by atoms with Crippen LogP contribution >= 0.6 is 0 Å². The Morgan fingerprint density at radius 1 is 1.62 bits per heavy atom. The third kappa shape index (κ3) is 323. The van der Waals surface area contributed by atoms with E-state index in [-0.39, 0.29) is 31.1 Å². The zero-order valence-electron chi connectivity index (χ0n) is 4.82. The molecule has 0 aromatic heterocycles. The van der Waals surface area contributed by atoms with Gasteiger partial charge in [-0.25, -0.2) is 0 Å². The average Bonchev–Trinajstić information content (AvgIpc) is 1.33. The van der Waals surface area contributed by atoms with Crippen molar-refractivity contribution >= 4 is 0 Å². The molecular weight excluding hydrogens is 336 g/mol. The van der Waals surface area contributed by atoms with E-state index in [1.54, 1.807) is 0 Å². The molecule has 3 N–H and O–H groups in total. The molecule has 0 heterocycles. The second kappa shape index (κ2) is 15.7. The monoisotopic (exact) mass is 345 g/mol. The smallest absolute Gasteiger partial charge is 0.788 e. The van der Waals surface area contributed by atoms with Crippen molar-refractivity contribution in [2.24, 2.45) is 0 Å². The summed E-state index contributed by atoms with van der Waals surface area (Å²) in [5.41, 5.74) is 1.50. The molecule has 0 spiro atoms. The van der Waals surface area contributed by atoms with Gasteiger partial charge in [0.2, 0.25) is 0 Å². The minimum Gasteiger partial charge on any atom is -0.788 e. The molecular formula is C2H9N3O2U+. The van der Waals surface area contributed by atoms with Gasteiger partial charge in [-0.2, -0.15) is 0 Å². The Morgan fingerprint density at radius 2 is 1.62 bits per heavy atom. The van der Waals surface area contributed by atoms with E-state index in [0.29, 0.717) is 0 Å². The van der Waals surface area contributed by atoms with Crippen molar-refractivity contribution in [1.82, 2.24) is 5.48 Å². The molecule has 0 rings (SSSR count). The van der Waals surface area contributed by atoms with Crippen molar-refractivity contribution in [3.63, 3.8) is 0 Å². The third-order valence-corrected chi connectivity index (χ3v) is 0. The van der Waals surface area contributed by atoms with E-state index >= 15 is 0 Å². The Balaban J connectivity index is -0.0000000575. The van der Waals surface area contributed by atoms with Crippen LogP contribution in [0.15, 0.2) is 0 Å². The molecule has 0 aliphatic rings. The van der Waals surface area contributed by atoms with Crippen LogP contribution < -0.4 is 10.7 Å². The Hall–Kier alpha value is 0.852. The van der Waals surface area contributed by atoms with Crippen LogP contribution in [0, 0.1) is 41.5 Å². The van der Waals surface area contributed by atoms with Gasteiger partial charge in [-0.1, -0.05) is 0 Å². The summed E-state index contributed by atoms with van der Waals surface area (Å²) in [7, 11) is 2.51.